The van der Waals surface area contributed by atoms with Gasteiger partial charge >= 0.3 is 0 Å². The molecule has 0 radical (unpaired) electrons. The van der Waals surface area contributed by atoms with Crippen LogP contribution in [0.25, 0.3) is 0 Å². The first-order valence-electron chi connectivity index (χ1n) is 7.19. The first-order chi connectivity index (χ1) is 11.4. The first-order valence-corrected chi connectivity index (χ1v) is 7.57. The van der Waals surface area contributed by atoms with Crippen LogP contribution in [-0.4, -0.2) is 25.5 Å². The van der Waals surface area contributed by atoms with Crippen molar-refractivity contribution in [1.29, 1.82) is 0 Å². The van der Waals surface area contributed by atoms with Gasteiger partial charge in [-0.2, -0.15) is 0 Å². The average Bonchev–Trinajstić information content (AvgIpc) is 2.56. The van der Waals surface area contributed by atoms with Crippen LogP contribution < -0.4 is 21.1 Å². The van der Waals surface area contributed by atoms with Crippen LogP contribution in [0.3, 0.4) is 0 Å². The van der Waals surface area contributed by atoms with E-state index in [9.17, 15) is 9.59 Å². The zero-order valence-electron chi connectivity index (χ0n) is 13.4. The molecule has 2 aromatic rings. The Kier molecular flexibility index (Phi) is 5.65. The summed E-state index contributed by atoms with van der Waals surface area (Å²) in [6, 6.07) is 10.00. The molecule has 6 nitrogen and oxygen atoms in total. The minimum Gasteiger partial charge on any atom is -0.495 e. The maximum Gasteiger partial charge on any atom is 0.248 e. The van der Waals surface area contributed by atoms with E-state index in [2.05, 4.69) is 10.6 Å². The summed E-state index contributed by atoms with van der Waals surface area (Å²) < 4.78 is 5.20. The van der Waals surface area contributed by atoms with Crippen molar-refractivity contribution in [3.63, 3.8) is 0 Å². The van der Waals surface area contributed by atoms with Gasteiger partial charge in [0.1, 0.15) is 5.75 Å². The van der Waals surface area contributed by atoms with Crippen LogP contribution in [0, 0.1) is 6.92 Å². The van der Waals surface area contributed by atoms with Gasteiger partial charge in [-0.15, -0.1) is 0 Å². The van der Waals surface area contributed by atoms with Crippen molar-refractivity contribution in [3.8, 4) is 5.75 Å². The summed E-state index contributed by atoms with van der Waals surface area (Å²) >= 11 is 6.03. The zero-order chi connectivity index (χ0) is 17.7. The van der Waals surface area contributed by atoms with E-state index in [1.165, 1.54) is 7.11 Å². The maximum absolute atomic E-state index is 12.1. The average molecular weight is 348 g/mol. The van der Waals surface area contributed by atoms with Gasteiger partial charge in [-0.1, -0.05) is 17.7 Å². The van der Waals surface area contributed by atoms with Crippen molar-refractivity contribution in [2.24, 2.45) is 5.73 Å². The molecule has 0 aliphatic heterocycles. The lowest BCUT2D eigenvalue weighted by atomic mass is 10.1. The van der Waals surface area contributed by atoms with E-state index >= 15 is 0 Å². The first kappa shape index (κ1) is 17.6. The molecule has 0 unspecified atom stereocenters. The van der Waals surface area contributed by atoms with E-state index < -0.39 is 5.91 Å². The van der Waals surface area contributed by atoms with Gasteiger partial charge in [0.25, 0.3) is 0 Å². The second kappa shape index (κ2) is 7.70. The van der Waals surface area contributed by atoms with E-state index in [0.29, 0.717) is 27.7 Å². The number of hydrogen-bond acceptors (Lipinski definition) is 4. The molecule has 4 N–H and O–H groups in total. The zero-order valence-corrected chi connectivity index (χ0v) is 14.1. The third-order valence-corrected chi connectivity index (χ3v) is 3.87. The molecule has 0 aliphatic carbocycles. The summed E-state index contributed by atoms with van der Waals surface area (Å²) in [5.41, 5.74) is 7.53. The molecule has 2 aromatic carbocycles. The van der Waals surface area contributed by atoms with E-state index in [4.69, 9.17) is 22.1 Å². The topological polar surface area (TPSA) is 93.4 Å². The summed E-state index contributed by atoms with van der Waals surface area (Å²) in [6.07, 6.45) is 0. The lowest BCUT2D eigenvalue weighted by molar-refractivity contribution is -0.114. The fourth-order valence-corrected chi connectivity index (χ4v) is 2.29. The molecule has 2 amide bonds. The highest BCUT2D eigenvalue weighted by Crippen LogP contribution is 2.26. The van der Waals surface area contributed by atoms with Gasteiger partial charge in [-0.05, 0) is 42.8 Å². The molecule has 24 heavy (non-hydrogen) atoms. The fraction of sp³-hybridized carbons (Fsp3) is 0.176. The quantitative estimate of drug-likeness (QED) is 0.749. The van der Waals surface area contributed by atoms with E-state index in [0.717, 1.165) is 5.56 Å². The minimum atomic E-state index is -0.556. The van der Waals surface area contributed by atoms with Crippen LogP contribution in [0.5, 0.6) is 5.75 Å². The van der Waals surface area contributed by atoms with Gasteiger partial charge in [-0.3, -0.25) is 9.59 Å². The lowest BCUT2D eigenvalue weighted by Gasteiger charge is -2.13. The largest absolute Gasteiger partial charge is 0.495 e. The van der Waals surface area contributed by atoms with Crippen LogP contribution in [0.15, 0.2) is 36.4 Å². The second-order valence-electron chi connectivity index (χ2n) is 5.09. The molecule has 0 aliphatic rings. The minimum absolute atomic E-state index is 0.00940. The smallest absolute Gasteiger partial charge is 0.248 e. The van der Waals surface area contributed by atoms with Crippen LogP contribution in [-0.2, 0) is 4.79 Å². The number of halogens is 1. The number of anilines is 2. The molecule has 0 fully saturated rings. The van der Waals surface area contributed by atoms with Crippen molar-refractivity contribution in [1.82, 2.24) is 0 Å². The predicted octanol–water partition coefficient (Wildman–Crippen LogP) is 2.81. The summed E-state index contributed by atoms with van der Waals surface area (Å²) in [5, 5.41) is 6.29. The number of carbonyl (C=O) groups is 2. The third kappa shape index (κ3) is 4.17. The predicted molar refractivity (Wildman–Crippen MR) is 94.8 cm³/mol. The Hall–Kier alpha value is -2.73. The number of benzene rings is 2. The van der Waals surface area contributed by atoms with Crippen molar-refractivity contribution in [2.75, 3.05) is 24.3 Å². The molecule has 0 heterocycles. The van der Waals surface area contributed by atoms with Gasteiger partial charge in [0.05, 0.1) is 19.3 Å². The summed E-state index contributed by atoms with van der Waals surface area (Å²) in [4.78, 5) is 23.4. The van der Waals surface area contributed by atoms with Gasteiger partial charge < -0.3 is 21.1 Å². The molecule has 0 aromatic heterocycles. The van der Waals surface area contributed by atoms with Crippen LogP contribution >= 0.6 is 11.6 Å². The molecule has 0 atom stereocenters. The van der Waals surface area contributed by atoms with E-state index in [-0.39, 0.29) is 12.5 Å². The number of amides is 2. The Balaban J connectivity index is 2.07. The van der Waals surface area contributed by atoms with Crippen molar-refractivity contribution >= 4 is 34.8 Å². The SMILES string of the molecule is COc1ccc(C(N)=O)cc1NCC(=O)Nc1cccc(Cl)c1C. The highest BCUT2D eigenvalue weighted by atomic mass is 35.5. The summed E-state index contributed by atoms with van der Waals surface area (Å²) in [7, 11) is 1.50. The molecule has 2 rings (SSSR count). The molecule has 7 heteroatoms. The lowest BCUT2D eigenvalue weighted by Crippen LogP contribution is -2.22. The number of methoxy groups -OCH3 is 1. The molecule has 126 valence electrons. The molecular weight excluding hydrogens is 330 g/mol. The number of ether oxygens (including phenoxy) is 1. The molecule has 0 saturated heterocycles. The third-order valence-electron chi connectivity index (χ3n) is 3.47. The number of carbonyl (C=O) groups excluding carboxylic acids is 2. The highest BCUT2D eigenvalue weighted by molar-refractivity contribution is 6.31. The Labute approximate surface area is 144 Å². The highest BCUT2D eigenvalue weighted by Gasteiger charge is 2.10. The van der Waals surface area contributed by atoms with Gasteiger partial charge in [0.15, 0.2) is 0 Å². The Morgan fingerprint density at radius 1 is 1.21 bits per heavy atom. The van der Waals surface area contributed by atoms with Crippen molar-refractivity contribution < 1.29 is 14.3 Å². The number of nitrogens with one attached hydrogen (secondary N) is 2. The van der Waals surface area contributed by atoms with E-state index in [1.54, 1.807) is 36.4 Å². The Morgan fingerprint density at radius 3 is 2.62 bits per heavy atom. The number of primary amides is 1. The number of hydrogen-bond donors (Lipinski definition) is 3. The fourth-order valence-electron chi connectivity index (χ4n) is 2.11. The van der Waals surface area contributed by atoms with Crippen LogP contribution in [0.1, 0.15) is 15.9 Å². The molecule has 0 spiro atoms. The summed E-state index contributed by atoms with van der Waals surface area (Å²) in [6.45, 7) is 1.81. The number of rotatable bonds is 6. The second-order valence-corrected chi connectivity index (χ2v) is 5.50. The monoisotopic (exact) mass is 347 g/mol. The maximum atomic E-state index is 12.1. The standard InChI is InChI=1S/C17H18ClN3O3/c1-10-12(18)4-3-5-13(10)21-16(22)9-20-14-8-11(17(19)23)6-7-15(14)24-2/h3-8,20H,9H2,1-2H3,(H2,19,23)(H,21,22). The molecular formula is C17H18ClN3O3. The van der Waals surface area contributed by atoms with Gasteiger partial charge in [0.2, 0.25) is 11.8 Å². The van der Waals surface area contributed by atoms with Gasteiger partial charge in [-0.25, -0.2) is 0 Å². The van der Waals surface area contributed by atoms with Crippen molar-refractivity contribution in [3.05, 3.63) is 52.5 Å². The van der Waals surface area contributed by atoms with E-state index in [1.807, 2.05) is 6.92 Å². The van der Waals surface area contributed by atoms with Crippen molar-refractivity contribution in [2.45, 2.75) is 6.92 Å². The normalized spacial score (nSPS) is 10.1. The summed E-state index contributed by atoms with van der Waals surface area (Å²) in [5.74, 6) is -0.307. The Bertz CT molecular complexity index is 778. The molecule has 0 saturated carbocycles. The van der Waals surface area contributed by atoms with Crippen LogP contribution in [0.4, 0.5) is 11.4 Å². The number of nitrogens with two attached hydrogens (primary N) is 1. The Morgan fingerprint density at radius 2 is 1.96 bits per heavy atom. The van der Waals surface area contributed by atoms with Crippen LogP contribution in [0.2, 0.25) is 5.02 Å². The van der Waals surface area contributed by atoms with Gasteiger partial charge in [0, 0.05) is 16.3 Å². The molecule has 0 bridgehead atoms.